The van der Waals surface area contributed by atoms with Crippen LogP contribution in [0.15, 0.2) is 57.8 Å². The number of benzene rings is 2. The van der Waals surface area contributed by atoms with E-state index in [9.17, 15) is 9.00 Å². The van der Waals surface area contributed by atoms with Gasteiger partial charge in [-0.05, 0) is 42.7 Å². The topological polar surface area (TPSA) is 55.7 Å². The largest absolute Gasteiger partial charge is 0.462 e. The van der Waals surface area contributed by atoms with E-state index in [0.717, 1.165) is 11.1 Å². The number of aryl methyl sites for hydroxylation is 1. The maximum atomic E-state index is 12.1. The Labute approximate surface area is 145 Å². The maximum Gasteiger partial charge on any atom is 0.338 e. The molecule has 0 heterocycles. The van der Waals surface area contributed by atoms with E-state index in [1.807, 2.05) is 32.9 Å². The number of carbonyl (C=O) groups excluding carboxylic acids is 1. The summed E-state index contributed by atoms with van der Waals surface area (Å²) in [5.74, 6) is -0.0347. The van der Waals surface area contributed by atoms with Crippen molar-refractivity contribution in [2.24, 2.45) is 10.3 Å². The van der Waals surface area contributed by atoms with E-state index in [-0.39, 0.29) is 5.97 Å². The highest BCUT2D eigenvalue weighted by Crippen LogP contribution is 2.10. The van der Waals surface area contributed by atoms with Crippen molar-refractivity contribution >= 4 is 23.2 Å². The van der Waals surface area contributed by atoms with E-state index in [2.05, 4.69) is 4.40 Å². The molecule has 2 aromatic carbocycles. The molecule has 126 valence electrons. The van der Waals surface area contributed by atoms with Crippen molar-refractivity contribution in [3.63, 3.8) is 0 Å². The Morgan fingerprint density at radius 3 is 2.33 bits per heavy atom. The number of ether oxygens (including phenoxy) is 1. The lowest BCUT2D eigenvalue weighted by Crippen LogP contribution is -2.10. The molecule has 0 spiro atoms. The fourth-order valence-electron chi connectivity index (χ4n) is 1.86. The second-order valence-corrected chi connectivity index (χ2v) is 7.09. The highest BCUT2D eigenvalue weighted by Gasteiger charge is 2.07. The van der Waals surface area contributed by atoms with Crippen molar-refractivity contribution in [1.29, 1.82) is 0 Å². The summed E-state index contributed by atoms with van der Waals surface area (Å²) in [5.41, 5.74) is 2.38. The van der Waals surface area contributed by atoms with Gasteiger partial charge in [0.2, 0.25) is 0 Å². The molecule has 2 rings (SSSR count). The lowest BCUT2D eigenvalue weighted by atomic mass is 10.1. The van der Waals surface area contributed by atoms with Gasteiger partial charge in [-0.1, -0.05) is 43.7 Å². The van der Waals surface area contributed by atoms with Gasteiger partial charge in [-0.3, -0.25) is 0 Å². The third kappa shape index (κ3) is 5.42. The molecule has 0 aliphatic carbocycles. The average molecular weight is 343 g/mol. The molecular weight excluding hydrogens is 322 g/mol. The minimum atomic E-state index is -1.44. The predicted molar refractivity (Wildman–Crippen MR) is 96.7 cm³/mol. The Bertz CT molecular complexity index is 734. The number of rotatable bonds is 6. The van der Waals surface area contributed by atoms with Gasteiger partial charge in [0, 0.05) is 6.21 Å². The van der Waals surface area contributed by atoms with Gasteiger partial charge in [-0.2, -0.15) is 4.40 Å². The third-order valence-electron chi connectivity index (χ3n) is 3.21. The third-order valence-corrected chi connectivity index (χ3v) is 4.19. The van der Waals surface area contributed by atoms with Crippen molar-refractivity contribution in [2.75, 3.05) is 6.61 Å². The molecular formula is C19H21NO3S. The summed E-state index contributed by atoms with van der Waals surface area (Å²) in [7, 11) is -1.44. The van der Waals surface area contributed by atoms with Crippen molar-refractivity contribution in [2.45, 2.75) is 25.7 Å². The molecule has 0 aliphatic rings. The Hall–Kier alpha value is -2.27. The van der Waals surface area contributed by atoms with Crippen LogP contribution in [0.3, 0.4) is 0 Å². The van der Waals surface area contributed by atoms with E-state index < -0.39 is 11.0 Å². The van der Waals surface area contributed by atoms with Crippen LogP contribution in [0.2, 0.25) is 0 Å². The lowest BCUT2D eigenvalue weighted by molar-refractivity contribution is 0.0459. The van der Waals surface area contributed by atoms with Crippen molar-refractivity contribution in [1.82, 2.24) is 0 Å². The summed E-state index contributed by atoms with van der Waals surface area (Å²) in [6, 6.07) is 14.3. The van der Waals surface area contributed by atoms with E-state index in [1.165, 1.54) is 0 Å². The van der Waals surface area contributed by atoms with Gasteiger partial charge in [0.1, 0.15) is 0 Å². The average Bonchev–Trinajstić information content (AvgIpc) is 2.58. The van der Waals surface area contributed by atoms with Crippen molar-refractivity contribution in [3.8, 4) is 0 Å². The number of carbonyl (C=O) groups is 1. The van der Waals surface area contributed by atoms with Gasteiger partial charge < -0.3 is 4.74 Å². The van der Waals surface area contributed by atoms with Crippen LogP contribution in [-0.2, 0) is 15.7 Å². The Balaban J connectivity index is 1.99. The molecule has 0 aliphatic heterocycles. The van der Waals surface area contributed by atoms with Crippen LogP contribution in [0.25, 0.3) is 0 Å². The Morgan fingerprint density at radius 1 is 1.12 bits per heavy atom. The lowest BCUT2D eigenvalue weighted by Gasteiger charge is -2.07. The van der Waals surface area contributed by atoms with Crippen LogP contribution in [0.4, 0.5) is 0 Å². The highest BCUT2D eigenvalue weighted by molar-refractivity contribution is 7.83. The molecule has 0 N–H and O–H groups in total. The van der Waals surface area contributed by atoms with Crippen LogP contribution in [0.5, 0.6) is 0 Å². The zero-order chi connectivity index (χ0) is 17.5. The van der Waals surface area contributed by atoms with Crippen molar-refractivity contribution in [3.05, 3.63) is 65.2 Å². The van der Waals surface area contributed by atoms with E-state index in [1.54, 1.807) is 42.6 Å². The molecule has 2 aromatic rings. The maximum absolute atomic E-state index is 12.1. The summed E-state index contributed by atoms with van der Waals surface area (Å²) in [6.07, 6.45) is 1.54. The number of hydrogen-bond acceptors (Lipinski definition) is 3. The second kappa shape index (κ2) is 8.55. The molecule has 0 bridgehead atoms. The quantitative estimate of drug-likeness (QED) is 0.589. The summed E-state index contributed by atoms with van der Waals surface area (Å²) in [4.78, 5) is 12.5. The number of hydrogen-bond donors (Lipinski definition) is 0. The predicted octanol–water partition coefficient (Wildman–Crippen LogP) is 3.95. The molecule has 5 heteroatoms. The number of nitrogens with zero attached hydrogens (tertiary/aromatic N) is 1. The van der Waals surface area contributed by atoms with Gasteiger partial charge in [0.15, 0.2) is 11.0 Å². The first-order chi connectivity index (χ1) is 11.5. The Morgan fingerprint density at radius 2 is 1.75 bits per heavy atom. The summed E-state index contributed by atoms with van der Waals surface area (Å²) >= 11 is 0. The summed E-state index contributed by atoms with van der Waals surface area (Å²) in [6.45, 7) is 6.35. The fourth-order valence-corrected chi connectivity index (χ4v) is 2.56. The Kier molecular flexibility index (Phi) is 6.44. The summed E-state index contributed by atoms with van der Waals surface area (Å²) in [5, 5.41) is 0. The molecule has 1 unspecified atom stereocenters. The normalized spacial score (nSPS) is 12.5. The molecule has 24 heavy (non-hydrogen) atoms. The van der Waals surface area contributed by atoms with Gasteiger partial charge >= 0.3 is 5.97 Å². The van der Waals surface area contributed by atoms with Gasteiger partial charge in [0.05, 0.1) is 17.1 Å². The van der Waals surface area contributed by atoms with Crippen molar-refractivity contribution < 1.29 is 13.7 Å². The van der Waals surface area contributed by atoms with E-state index >= 15 is 0 Å². The molecule has 0 amide bonds. The van der Waals surface area contributed by atoms with Gasteiger partial charge in [-0.15, -0.1) is 0 Å². The molecule has 4 nitrogen and oxygen atoms in total. The zero-order valence-corrected chi connectivity index (χ0v) is 14.9. The van der Waals surface area contributed by atoms with Crippen LogP contribution >= 0.6 is 0 Å². The molecule has 1 atom stereocenters. The molecule has 0 aromatic heterocycles. The van der Waals surface area contributed by atoms with Crippen LogP contribution < -0.4 is 0 Å². The van der Waals surface area contributed by atoms with Crippen LogP contribution in [0.1, 0.15) is 35.3 Å². The van der Waals surface area contributed by atoms with E-state index in [4.69, 9.17) is 4.74 Å². The summed E-state index contributed by atoms with van der Waals surface area (Å²) < 4.78 is 21.3. The fraction of sp³-hybridized carbons (Fsp3) is 0.263. The standard InChI is InChI=1S/C19H21NO3S/c1-14(2)13-23-19(21)17-8-6-16(7-9-17)12-20-24(22)18-10-4-15(3)5-11-18/h4-12,14H,13H2,1-3H3. The van der Waals surface area contributed by atoms with Gasteiger partial charge in [0.25, 0.3) is 0 Å². The highest BCUT2D eigenvalue weighted by atomic mass is 32.2. The first-order valence-electron chi connectivity index (χ1n) is 7.75. The molecule has 0 radical (unpaired) electrons. The smallest absolute Gasteiger partial charge is 0.338 e. The monoisotopic (exact) mass is 343 g/mol. The second-order valence-electron chi connectivity index (χ2n) is 5.91. The SMILES string of the molecule is Cc1ccc(S(=O)N=Cc2ccc(C(=O)OCC(C)C)cc2)cc1. The minimum absolute atomic E-state index is 0.303. The molecule has 0 fully saturated rings. The minimum Gasteiger partial charge on any atom is -0.462 e. The van der Waals surface area contributed by atoms with Crippen LogP contribution in [0, 0.1) is 12.8 Å². The molecule has 0 saturated heterocycles. The first kappa shape index (κ1) is 18.1. The zero-order valence-electron chi connectivity index (χ0n) is 14.1. The number of esters is 1. The van der Waals surface area contributed by atoms with Crippen LogP contribution in [-0.4, -0.2) is 23.0 Å². The van der Waals surface area contributed by atoms with Gasteiger partial charge in [-0.25, -0.2) is 9.00 Å². The van der Waals surface area contributed by atoms with E-state index in [0.29, 0.717) is 23.0 Å². The molecule has 0 saturated carbocycles. The first-order valence-corrected chi connectivity index (χ1v) is 8.86.